The van der Waals surface area contributed by atoms with Gasteiger partial charge in [-0.25, -0.2) is 4.39 Å². The summed E-state index contributed by atoms with van der Waals surface area (Å²) in [5.74, 6) is 0.972. The predicted molar refractivity (Wildman–Crippen MR) is 133 cm³/mol. The Kier molecular flexibility index (Phi) is 10.8. The minimum Gasteiger partial charge on any atom is -0.357 e. The number of nitrogens with one attached hydrogen (secondary N) is 1. The Morgan fingerprint density at radius 2 is 1.97 bits per heavy atom. The van der Waals surface area contributed by atoms with E-state index >= 15 is 0 Å². The van der Waals surface area contributed by atoms with Crippen LogP contribution in [-0.2, 0) is 13.6 Å². The van der Waals surface area contributed by atoms with E-state index in [-0.39, 0.29) is 35.8 Å². The summed E-state index contributed by atoms with van der Waals surface area (Å²) in [4.78, 5) is 9.04. The number of aromatic nitrogens is 2. The molecule has 1 atom stereocenters. The van der Waals surface area contributed by atoms with Crippen LogP contribution in [0.1, 0.15) is 49.6 Å². The Bertz CT molecular complexity index is 818. The third-order valence-corrected chi connectivity index (χ3v) is 4.86. The van der Waals surface area contributed by atoms with Crippen LogP contribution in [0.5, 0.6) is 0 Å². The fraction of sp³-hybridized carbons (Fsp3) is 0.545. The van der Waals surface area contributed by atoms with E-state index in [0.717, 1.165) is 30.3 Å². The Labute approximate surface area is 197 Å². The van der Waals surface area contributed by atoms with Gasteiger partial charge in [0.15, 0.2) is 5.96 Å². The molecule has 1 unspecified atom stereocenters. The molecule has 168 valence electrons. The molecule has 0 spiro atoms. The molecule has 2 rings (SSSR count). The minimum absolute atomic E-state index is 0. The van der Waals surface area contributed by atoms with E-state index in [2.05, 4.69) is 47.2 Å². The van der Waals surface area contributed by atoms with E-state index in [1.807, 2.05) is 38.9 Å². The van der Waals surface area contributed by atoms with Crippen LogP contribution >= 0.6 is 24.0 Å². The molecule has 30 heavy (non-hydrogen) atoms. The Balaban J connectivity index is 0.00000450. The minimum atomic E-state index is -0.222. The van der Waals surface area contributed by atoms with Gasteiger partial charge in [0.1, 0.15) is 5.82 Å². The summed E-state index contributed by atoms with van der Waals surface area (Å²) in [6.07, 6.45) is 2.07. The van der Waals surface area contributed by atoms with Gasteiger partial charge in [-0.1, -0.05) is 26.0 Å². The summed E-state index contributed by atoms with van der Waals surface area (Å²) in [5.41, 5.74) is 3.23. The third-order valence-electron chi connectivity index (χ3n) is 4.86. The molecule has 0 saturated carbocycles. The zero-order valence-corrected chi connectivity index (χ0v) is 21.5. The molecule has 1 N–H and O–H groups in total. The average molecular weight is 530 g/mol. The van der Waals surface area contributed by atoms with Gasteiger partial charge in [0, 0.05) is 38.9 Å². The Morgan fingerprint density at radius 1 is 1.27 bits per heavy atom. The summed E-state index contributed by atoms with van der Waals surface area (Å²) in [6, 6.07) is 6.75. The molecule has 2 aromatic rings. The lowest BCUT2D eigenvalue weighted by Gasteiger charge is -2.26. The highest BCUT2D eigenvalue weighted by Gasteiger charge is 2.17. The van der Waals surface area contributed by atoms with Gasteiger partial charge < -0.3 is 15.1 Å². The molecule has 1 aromatic carbocycles. The van der Waals surface area contributed by atoms with Crippen molar-refractivity contribution in [2.45, 2.75) is 39.3 Å². The number of aryl methyl sites for hydroxylation is 1. The highest BCUT2D eigenvalue weighted by molar-refractivity contribution is 14.0. The summed E-state index contributed by atoms with van der Waals surface area (Å²) in [5, 5.41) is 7.97. The molecular formula is C22H36FIN6. The maximum Gasteiger partial charge on any atom is 0.194 e. The highest BCUT2D eigenvalue weighted by Crippen LogP contribution is 2.21. The topological polar surface area (TPSA) is 48.7 Å². The van der Waals surface area contributed by atoms with Crippen LogP contribution in [0.15, 0.2) is 35.5 Å². The van der Waals surface area contributed by atoms with Crippen molar-refractivity contribution in [1.82, 2.24) is 24.9 Å². The summed E-state index contributed by atoms with van der Waals surface area (Å²) in [6.45, 7) is 8.41. The van der Waals surface area contributed by atoms with Crippen LogP contribution in [0.4, 0.5) is 4.39 Å². The maximum absolute atomic E-state index is 13.7. The average Bonchev–Trinajstić information content (AvgIpc) is 3.01. The lowest BCUT2D eigenvalue weighted by molar-refractivity contribution is 0.304. The molecule has 0 amide bonds. The molecule has 0 aliphatic heterocycles. The Hall–Kier alpha value is -1.68. The van der Waals surface area contributed by atoms with Gasteiger partial charge in [0.25, 0.3) is 0 Å². The number of halogens is 2. The normalized spacial score (nSPS) is 12.8. The second-order valence-corrected chi connectivity index (χ2v) is 7.95. The van der Waals surface area contributed by atoms with Crippen LogP contribution in [-0.4, -0.2) is 59.8 Å². The highest BCUT2D eigenvalue weighted by atomic mass is 127. The van der Waals surface area contributed by atoms with Crippen LogP contribution in [0.25, 0.3) is 0 Å². The lowest BCUT2D eigenvalue weighted by Crippen LogP contribution is -2.39. The van der Waals surface area contributed by atoms with Gasteiger partial charge in [-0.2, -0.15) is 5.10 Å². The number of hydrogen-bond acceptors (Lipinski definition) is 3. The van der Waals surface area contributed by atoms with Gasteiger partial charge >= 0.3 is 0 Å². The molecule has 0 aliphatic carbocycles. The van der Waals surface area contributed by atoms with Gasteiger partial charge in [-0.3, -0.25) is 9.67 Å². The first-order valence-corrected chi connectivity index (χ1v) is 10.2. The first-order valence-electron chi connectivity index (χ1n) is 10.2. The van der Waals surface area contributed by atoms with E-state index in [1.54, 1.807) is 12.1 Å². The number of benzene rings is 1. The van der Waals surface area contributed by atoms with Crippen molar-refractivity contribution < 1.29 is 4.39 Å². The standard InChI is InChI=1S/C22H35FN6.HI/c1-8-24-22(28(6)14-18-15-29(7)26-21(18)16(2)3)25-13-20(27(4)5)17-10-9-11-19(23)12-17;/h9-12,15-16,20H,8,13-14H2,1-7H3,(H,24,25);1H. The van der Waals surface area contributed by atoms with Crippen molar-refractivity contribution in [2.75, 3.05) is 34.2 Å². The van der Waals surface area contributed by atoms with Crippen LogP contribution in [0.2, 0.25) is 0 Å². The monoisotopic (exact) mass is 530 g/mol. The van der Waals surface area contributed by atoms with Crippen LogP contribution in [0.3, 0.4) is 0 Å². The molecule has 0 radical (unpaired) electrons. The van der Waals surface area contributed by atoms with Crippen molar-refractivity contribution in [1.29, 1.82) is 0 Å². The van der Waals surface area contributed by atoms with Crippen molar-refractivity contribution >= 4 is 29.9 Å². The number of nitrogens with zero attached hydrogens (tertiary/aromatic N) is 5. The van der Waals surface area contributed by atoms with Crippen molar-refractivity contribution in [3.63, 3.8) is 0 Å². The number of guanidine groups is 1. The molecule has 0 aliphatic rings. The van der Waals surface area contributed by atoms with Crippen LogP contribution in [0, 0.1) is 5.82 Å². The maximum atomic E-state index is 13.7. The van der Waals surface area contributed by atoms with E-state index in [4.69, 9.17) is 4.99 Å². The molecule has 0 fully saturated rings. The van der Waals surface area contributed by atoms with E-state index < -0.39 is 0 Å². The Morgan fingerprint density at radius 3 is 2.53 bits per heavy atom. The van der Waals surface area contributed by atoms with Crippen molar-refractivity contribution in [3.05, 3.63) is 53.1 Å². The molecule has 6 nitrogen and oxygen atoms in total. The quantitative estimate of drug-likeness (QED) is 0.319. The summed E-state index contributed by atoms with van der Waals surface area (Å²) >= 11 is 0. The van der Waals surface area contributed by atoms with Crippen molar-refractivity contribution in [3.8, 4) is 0 Å². The molecular weight excluding hydrogens is 494 g/mol. The fourth-order valence-electron chi connectivity index (χ4n) is 3.42. The van der Waals surface area contributed by atoms with Gasteiger partial charge in [-0.05, 0) is 44.6 Å². The summed E-state index contributed by atoms with van der Waals surface area (Å²) in [7, 11) is 7.97. The number of hydrogen-bond donors (Lipinski definition) is 1. The second-order valence-electron chi connectivity index (χ2n) is 7.95. The molecule has 1 heterocycles. The zero-order chi connectivity index (χ0) is 21.6. The fourth-order valence-corrected chi connectivity index (χ4v) is 3.42. The SMILES string of the molecule is CCNC(=NCC(c1cccc(F)c1)N(C)C)N(C)Cc1cn(C)nc1C(C)C.I. The van der Waals surface area contributed by atoms with E-state index in [9.17, 15) is 4.39 Å². The molecule has 1 aromatic heterocycles. The third kappa shape index (κ3) is 7.23. The van der Waals surface area contributed by atoms with Gasteiger partial charge in [0.05, 0.1) is 18.3 Å². The van der Waals surface area contributed by atoms with Crippen molar-refractivity contribution in [2.24, 2.45) is 12.0 Å². The lowest BCUT2D eigenvalue weighted by atomic mass is 10.1. The van der Waals surface area contributed by atoms with Gasteiger partial charge in [-0.15, -0.1) is 24.0 Å². The number of likely N-dealkylation sites (N-methyl/N-ethyl adjacent to an activating group) is 1. The number of aliphatic imine (C=N–C) groups is 1. The van der Waals surface area contributed by atoms with E-state index in [0.29, 0.717) is 12.5 Å². The molecule has 0 bridgehead atoms. The predicted octanol–water partition coefficient (Wildman–Crippen LogP) is 4.00. The molecule has 0 saturated heterocycles. The molecule has 8 heteroatoms. The smallest absolute Gasteiger partial charge is 0.194 e. The second kappa shape index (κ2) is 12.2. The van der Waals surface area contributed by atoms with Crippen LogP contribution < -0.4 is 5.32 Å². The summed E-state index contributed by atoms with van der Waals surface area (Å²) < 4.78 is 15.6. The first-order chi connectivity index (χ1) is 13.7. The first kappa shape index (κ1) is 26.4. The van der Waals surface area contributed by atoms with Gasteiger partial charge in [0.2, 0.25) is 0 Å². The van der Waals surface area contributed by atoms with E-state index in [1.165, 1.54) is 11.6 Å². The number of rotatable bonds is 8. The zero-order valence-electron chi connectivity index (χ0n) is 19.2. The largest absolute Gasteiger partial charge is 0.357 e.